The Morgan fingerprint density at radius 2 is 2.00 bits per heavy atom. The summed E-state index contributed by atoms with van der Waals surface area (Å²) >= 11 is 5.37. The summed E-state index contributed by atoms with van der Waals surface area (Å²) in [6.07, 6.45) is 1.05. The SMILES string of the molecule is CCNC(Cc1cc(C)ccc1C)c1ccc(Br)s1. The van der Waals surface area contributed by atoms with Crippen molar-refractivity contribution in [3.63, 3.8) is 0 Å². The number of likely N-dealkylation sites (N-methyl/N-ethyl adjacent to an activating group) is 1. The Labute approximate surface area is 128 Å². The molecule has 0 amide bonds. The minimum atomic E-state index is 0.404. The third-order valence-electron chi connectivity index (χ3n) is 3.32. The molecule has 1 nitrogen and oxygen atoms in total. The van der Waals surface area contributed by atoms with Crippen molar-refractivity contribution in [2.24, 2.45) is 0 Å². The molecule has 1 unspecified atom stereocenters. The molecular weight excluding hydrogens is 318 g/mol. The Morgan fingerprint density at radius 3 is 2.63 bits per heavy atom. The Bertz CT molecular complexity index is 547. The first kappa shape index (κ1) is 14.8. The summed E-state index contributed by atoms with van der Waals surface area (Å²) in [5.41, 5.74) is 4.16. The number of hydrogen-bond acceptors (Lipinski definition) is 2. The number of thiophene rings is 1. The number of aryl methyl sites for hydroxylation is 2. The lowest BCUT2D eigenvalue weighted by Crippen LogP contribution is -2.22. The third kappa shape index (κ3) is 3.91. The van der Waals surface area contributed by atoms with Gasteiger partial charge < -0.3 is 5.32 Å². The first-order valence-corrected chi connectivity index (χ1v) is 8.26. The van der Waals surface area contributed by atoms with Gasteiger partial charge in [0.1, 0.15) is 0 Å². The van der Waals surface area contributed by atoms with Crippen LogP contribution in [0.2, 0.25) is 0 Å². The summed E-state index contributed by atoms with van der Waals surface area (Å²) in [5, 5.41) is 3.60. The molecule has 2 aromatic rings. The minimum Gasteiger partial charge on any atom is -0.309 e. The van der Waals surface area contributed by atoms with Crippen molar-refractivity contribution in [1.29, 1.82) is 0 Å². The van der Waals surface area contributed by atoms with Gasteiger partial charge >= 0.3 is 0 Å². The molecule has 0 saturated heterocycles. The molecule has 0 bridgehead atoms. The van der Waals surface area contributed by atoms with Gasteiger partial charge in [-0.15, -0.1) is 11.3 Å². The summed E-state index contributed by atoms with van der Waals surface area (Å²) in [6.45, 7) is 7.51. The zero-order valence-electron chi connectivity index (χ0n) is 11.7. The molecule has 102 valence electrons. The van der Waals surface area contributed by atoms with Gasteiger partial charge in [-0.1, -0.05) is 30.7 Å². The van der Waals surface area contributed by atoms with Gasteiger partial charge in [0, 0.05) is 10.9 Å². The van der Waals surface area contributed by atoms with E-state index in [2.05, 4.69) is 72.3 Å². The Hall–Kier alpha value is -0.640. The van der Waals surface area contributed by atoms with Crippen LogP contribution in [0, 0.1) is 13.8 Å². The number of rotatable bonds is 5. The molecule has 19 heavy (non-hydrogen) atoms. The van der Waals surface area contributed by atoms with Crippen molar-refractivity contribution in [2.45, 2.75) is 33.2 Å². The van der Waals surface area contributed by atoms with E-state index in [0.29, 0.717) is 6.04 Å². The lowest BCUT2D eigenvalue weighted by molar-refractivity contribution is 0.557. The van der Waals surface area contributed by atoms with Crippen molar-refractivity contribution in [3.8, 4) is 0 Å². The summed E-state index contributed by atoms with van der Waals surface area (Å²) in [5.74, 6) is 0. The zero-order valence-corrected chi connectivity index (χ0v) is 14.1. The van der Waals surface area contributed by atoms with Gasteiger partial charge in [0.2, 0.25) is 0 Å². The Morgan fingerprint density at radius 1 is 1.21 bits per heavy atom. The van der Waals surface area contributed by atoms with Gasteiger partial charge in [0.05, 0.1) is 3.79 Å². The molecule has 0 aliphatic carbocycles. The van der Waals surface area contributed by atoms with Crippen LogP contribution in [0.5, 0.6) is 0 Å². The van der Waals surface area contributed by atoms with Gasteiger partial charge in [-0.25, -0.2) is 0 Å². The minimum absolute atomic E-state index is 0.404. The van der Waals surface area contributed by atoms with Crippen LogP contribution in [0.4, 0.5) is 0 Å². The molecule has 0 aliphatic heterocycles. The van der Waals surface area contributed by atoms with Crippen LogP contribution in [-0.2, 0) is 6.42 Å². The quantitative estimate of drug-likeness (QED) is 0.807. The highest BCUT2D eigenvalue weighted by Crippen LogP contribution is 2.30. The highest BCUT2D eigenvalue weighted by Gasteiger charge is 2.14. The number of hydrogen-bond donors (Lipinski definition) is 1. The fourth-order valence-corrected chi connectivity index (χ4v) is 3.77. The van der Waals surface area contributed by atoms with Crippen molar-refractivity contribution in [2.75, 3.05) is 6.54 Å². The van der Waals surface area contributed by atoms with Crippen LogP contribution in [0.3, 0.4) is 0 Å². The second kappa shape index (κ2) is 6.69. The molecule has 1 N–H and O–H groups in total. The van der Waals surface area contributed by atoms with E-state index in [9.17, 15) is 0 Å². The van der Waals surface area contributed by atoms with Gasteiger partial charge in [-0.05, 0) is 66.0 Å². The maximum absolute atomic E-state index is 3.60. The maximum Gasteiger partial charge on any atom is 0.0701 e. The largest absolute Gasteiger partial charge is 0.309 e. The summed E-state index contributed by atoms with van der Waals surface area (Å²) in [6, 6.07) is 11.5. The highest BCUT2D eigenvalue weighted by atomic mass is 79.9. The lowest BCUT2D eigenvalue weighted by Gasteiger charge is -2.18. The van der Waals surface area contributed by atoms with E-state index in [1.54, 1.807) is 0 Å². The van der Waals surface area contributed by atoms with Crippen LogP contribution >= 0.6 is 27.3 Å². The van der Waals surface area contributed by atoms with E-state index in [1.807, 2.05) is 11.3 Å². The maximum atomic E-state index is 3.60. The third-order valence-corrected chi connectivity index (χ3v) is 5.05. The first-order chi connectivity index (χ1) is 9.10. The normalized spacial score (nSPS) is 12.6. The van der Waals surface area contributed by atoms with Crippen LogP contribution in [0.25, 0.3) is 0 Å². The second-order valence-electron chi connectivity index (χ2n) is 4.89. The van der Waals surface area contributed by atoms with Crippen molar-refractivity contribution >= 4 is 27.3 Å². The monoisotopic (exact) mass is 337 g/mol. The van der Waals surface area contributed by atoms with Gasteiger partial charge in [-0.3, -0.25) is 0 Å². The predicted molar refractivity (Wildman–Crippen MR) is 88.1 cm³/mol. The van der Waals surface area contributed by atoms with Gasteiger partial charge in [0.15, 0.2) is 0 Å². The van der Waals surface area contributed by atoms with Crippen molar-refractivity contribution in [3.05, 3.63) is 55.7 Å². The van der Waals surface area contributed by atoms with Crippen LogP contribution < -0.4 is 5.32 Å². The molecule has 2 rings (SSSR count). The zero-order chi connectivity index (χ0) is 13.8. The number of nitrogens with one attached hydrogen (secondary N) is 1. The Kier molecular flexibility index (Phi) is 5.20. The van der Waals surface area contributed by atoms with Gasteiger partial charge in [0.25, 0.3) is 0 Å². The highest BCUT2D eigenvalue weighted by molar-refractivity contribution is 9.11. The van der Waals surface area contributed by atoms with E-state index in [1.165, 1.54) is 25.4 Å². The molecule has 0 saturated carbocycles. The van der Waals surface area contributed by atoms with E-state index < -0.39 is 0 Å². The molecule has 1 heterocycles. The fraction of sp³-hybridized carbons (Fsp3) is 0.375. The first-order valence-electron chi connectivity index (χ1n) is 6.65. The summed E-state index contributed by atoms with van der Waals surface area (Å²) < 4.78 is 1.20. The van der Waals surface area contributed by atoms with Crippen molar-refractivity contribution < 1.29 is 0 Å². The summed E-state index contributed by atoms with van der Waals surface area (Å²) in [4.78, 5) is 1.40. The standard InChI is InChI=1S/C16H20BrNS/c1-4-18-14(15-7-8-16(17)19-15)10-13-9-11(2)5-6-12(13)3/h5-9,14,18H,4,10H2,1-3H3. The molecule has 0 radical (unpaired) electrons. The smallest absolute Gasteiger partial charge is 0.0701 e. The second-order valence-corrected chi connectivity index (χ2v) is 7.38. The van der Waals surface area contributed by atoms with Crippen LogP contribution in [0.1, 0.15) is 34.5 Å². The molecule has 0 fully saturated rings. The van der Waals surface area contributed by atoms with E-state index in [0.717, 1.165) is 13.0 Å². The topological polar surface area (TPSA) is 12.0 Å². The lowest BCUT2D eigenvalue weighted by atomic mass is 9.98. The van der Waals surface area contributed by atoms with Crippen molar-refractivity contribution in [1.82, 2.24) is 5.32 Å². The number of benzene rings is 1. The average Bonchev–Trinajstić information content (AvgIpc) is 2.80. The van der Waals surface area contributed by atoms with Crippen LogP contribution in [-0.4, -0.2) is 6.54 Å². The van der Waals surface area contributed by atoms with E-state index >= 15 is 0 Å². The number of halogens is 1. The molecule has 1 aromatic carbocycles. The van der Waals surface area contributed by atoms with Crippen LogP contribution in [0.15, 0.2) is 34.1 Å². The van der Waals surface area contributed by atoms with E-state index in [-0.39, 0.29) is 0 Å². The molecule has 3 heteroatoms. The molecule has 1 atom stereocenters. The molecule has 0 aliphatic rings. The molecule has 0 spiro atoms. The van der Waals surface area contributed by atoms with Gasteiger partial charge in [-0.2, -0.15) is 0 Å². The average molecular weight is 338 g/mol. The molecule has 1 aromatic heterocycles. The Balaban J connectivity index is 2.23. The summed E-state index contributed by atoms with van der Waals surface area (Å²) in [7, 11) is 0. The predicted octanol–water partition coefficient (Wildman–Crippen LogP) is 5.02. The molecular formula is C16H20BrNS. The van der Waals surface area contributed by atoms with E-state index in [4.69, 9.17) is 0 Å². The fourth-order valence-electron chi connectivity index (χ4n) is 2.28.